The summed E-state index contributed by atoms with van der Waals surface area (Å²) in [4.78, 5) is 24.5. The molecular formula is C22H14F3NO3. The maximum Gasteiger partial charge on any atom is 0.416 e. The summed E-state index contributed by atoms with van der Waals surface area (Å²) in [5, 5.41) is 2.47. The SMILES string of the molecule is O=C(COc1ccc2c(c1)C(=O)c1ccccc1-2)Nc1ccc(C(F)(F)F)cc1. The van der Waals surface area contributed by atoms with Gasteiger partial charge in [0.05, 0.1) is 5.56 Å². The Hall–Kier alpha value is -3.61. The second-order valence-electron chi connectivity index (χ2n) is 6.49. The normalized spacial score (nSPS) is 12.3. The molecule has 3 aromatic carbocycles. The van der Waals surface area contributed by atoms with E-state index >= 15 is 0 Å². The van der Waals surface area contributed by atoms with Gasteiger partial charge in [0.25, 0.3) is 5.91 Å². The summed E-state index contributed by atoms with van der Waals surface area (Å²) < 4.78 is 43.2. The molecule has 0 saturated heterocycles. The van der Waals surface area contributed by atoms with Crippen LogP contribution in [-0.2, 0) is 11.0 Å². The number of amides is 1. The molecule has 0 heterocycles. The Morgan fingerprint density at radius 1 is 0.862 bits per heavy atom. The number of ketones is 1. The lowest BCUT2D eigenvalue weighted by Crippen LogP contribution is -2.20. The number of benzene rings is 3. The number of nitrogens with one attached hydrogen (secondary N) is 1. The predicted octanol–water partition coefficient (Wildman–Crippen LogP) is 4.93. The molecule has 0 aliphatic heterocycles. The Bertz CT molecular complexity index is 1110. The first kappa shape index (κ1) is 18.7. The predicted molar refractivity (Wildman–Crippen MR) is 101 cm³/mol. The number of fused-ring (bicyclic) bond motifs is 3. The van der Waals surface area contributed by atoms with Crippen molar-refractivity contribution in [3.05, 3.63) is 83.4 Å². The number of carbonyl (C=O) groups is 2. The van der Waals surface area contributed by atoms with Gasteiger partial charge in [0, 0.05) is 16.8 Å². The summed E-state index contributed by atoms with van der Waals surface area (Å²) >= 11 is 0. The summed E-state index contributed by atoms with van der Waals surface area (Å²) in [6.45, 7) is -0.346. The summed E-state index contributed by atoms with van der Waals surface area (Å²) in [5.41, 5.74) is 2.24. The number of halogens is 3. The first-order valence-corrected chi connectivity index (χ1v) is 8.71. The standard InChI is InChI=1S/C22H14F3NO3/c23-22(24,25)13-5-7-14(8-6-13)26-20(27)12-29-15-9-10-17-16-3-1-2-4-18(16)21(28)19(17)11-15/h1-11H,12H2,(H,26,27). The van der Waals surface area contributed by atoms with Gasteiger partial charge < -0.3 is 10.1 Å². The molecule has 1 aliphatic carbocycles. The lowest BCUT2D eigenvalue weighted by Gasteiger charge is -2.10. The monoisotopic (exact) mass is 397 g/mol. The highest BCUT2D eigenvalue weighted by atomic mass is 19.4. The number of carbonyl (C=O) groups excluding carboxylic acids is 2. The first-order valence-electron chi connectivity index (χ1n) is 8.71. The molecule has 0 saturated carbocycles. The molecule has 3 aromatic rings. The average Bonchev–Trinajstić information content (AvgIpc) is 2.98. The van der Waals surface area contributed by atoms with Crippen molar-refractivity contribution in [3.8, 4) is 16.9 Å². The van der Waals surface area contributed by atoms with Gasteiger partial charge in [-0.2, -0.15) is 13.2 Å². The molecule has 1 N–H and O–H groups in total. The fraction of sp³-hybridized carbons (Fsp3) is 0.0909. The third-order valence-electron chi connectivity index (χ3n) is 4.56. The van der Waals surface area contributed by atoms with Crippen LogP contribution in [0, 0.1) is 0 Å². The number of rotatable bonds is 4. The second-order valence-corrected chi connectivity index (χ2v) is 6.49. The molecule has 0 spiro atoms. The van der Waals surface area contributed by atoms with E-state index in [9.17, 15) is 22.8 Å². The molecule has 1 aliphatic rings. The number of alkyl halides is 3. The van der Waals surface area contributed by atoms with E-state index in [1.165, 1.54) is 12.1 Å². The minimum atomic E-state index is -4.43. The summed E-state index contributed by atoms with van der Waals surface area (Å²) in [6, 6.07) is 16.4. The third kappa shape index (κ3) is 3.71. The lowest BCUT2D eigenvalue weighted by molar-refractivity contribution is -0.137. The van der Waals surface area contributed by atoms with Gasteiger partial charge in [0.2, 0.25) is 0 Å². The van der Waals surface area contributed by atoms with E-state index in [0.29, 0.717) is 16.9 Å². The van der Waals surface area contributed by atoms with Crippen molar-refractivity contribution in [3.63, 3.8) is 0 Å². The quantitative estimate of drug-likeness (QED) is 0.531. The van der Waals surface area contributed by atoms with Crippen LogP contribution in [0.3, 0.4) is 0 Å². The van der Waals surface area contributed by atoms with Crippen LogP contribution in [0.5, 0.6) is 5.75 Å². The van der Waals surface area contributed by atoms with Gasteiger partial charge in [-0.05, 0) is 53.6 Å². The molecule has 0 fully saturated rings. The van der Waals surface area contributed by atoms with Crippen molar-refractivity contribution in [2.75, 3.05) is 11.9 Å². The number of ether oxygens (including phenoxy) is 1. The molecule has 4 nitrogen and oxygen atoms in total. The summed E-state index contributed by atoms with van der Waals surface area (Å²) in [6.07, 6.45) is -4.43. The van der Waals surface area contributed by atoms with Crippen LogP contribution in [-0.4, -0.2) is 18.3 Å². The van der Waals surface area contributed by atoms with Crippen molar-refractivity contribution in [2.45, 2.75) is 6.18 Å². The Morgan fingerprint density at radius 2 is 1.52 bits per heavy atom. The number of anilines is 1. The summed E-state index contributed by atoms with van der Waals surface area (Å²) in [7, 11) is 0. The van der Waals surface area contributed by atoms with Gasteiger partial charge in [-0.25, -0.2) is 0 Å². The fourth-order valence-corrected chi connectivity index (χ4v) is 3.19. The van der Waals surface area contributed by atoms with E-state index in [1.54, 1.807) is 30.3 Å². The topological polar surface area (TPSA) is 55.4 Å². The van der Waals surface area contributed by atoms with Gasteiger partial charge in [0.15, 0.2) is 12.4 Å². The fourth-order valence-electron chi connectivity index (χ4n) is 3.19. The van der Waals surface area contributed by atoms with E-state index in [-0.39, 0.29) is 18.1 Å². The maximum absolute atomic E-state index is 12.6. The van der Waals surface area contributed by atoms with Gasteiger partial charge >= 0.3 is 6.18 Å². The van der Waals surface area contributed by atoms with E-state index in [4.69, 9.17) is 4.74 Å². The zero-order chi connectivity index (χ0) is 20.6. The highest BCUT2D eigenvalue weighted by Crippen LogP contribution is 2.38. The number of hydrogen-bond donors (Lipinski definition) is 1. The molecule has 0 unspecified atom stereocenters. The Kier molecular flexibility index (Phi) is 4.58. The Balaban J connectivity index is 1.40. The van der Waals surface area contributed by atoms with Gasteiger partial charge in [-0.3, -0.25) is 9.59 Å². The van der Waals surface area contributed by atoms with Gasteiger partial charge in [0.1, 0.15) is 5.75 Å². The molecule has 29 heavy (non-hydrogen) atoms. The minimum Gasteiger partial charge on any atom is -0.484 e. The van der Waals surface area contributed by atoms with E-state index in [2.05, 4.69) is 5.32 Å². The number of hydrogen-bond acceptors (Lipinski definition) is 3. The van der Waals surface area contributed by atoms with Gasteiger partial charge in [-0.1, -0.05) is 24.3 Å². The highest BCUT2D eigenvalue weighted by Gasteiger charge is 2.30. The van der Waals surface area contributed by atoms with E-state index in [1.807, 2.05) is 12.1 Å². The third-order valence-corrected chi connectivity index (χ3v) is 4.56. The first-order chi connectivity index (χ1) is 13.8. The highest BCUT2D eigenvalue weighted by molar-refractivity contribution is 6.21. The molecule has 0 bridgehead atoms. The smallest absolute Gasteiger partial charge is 0.416 e. The molecule has 1 amide bonds. The van der Waals surface area contributed by atoms with Crippen LogP contribution in [0.2, 0.25) is 0 Å². The van der Waals surface area contributed by atoms with Crippen molar-refractivity contribution in [1.29, 1.82) is 0 Å². The zero-order valence-corrected chi connectivity index (χ0v) is 14.9. The average molecular weight is 397 g/mol. The van der Waals surface area contributed by atoms with E-state index in [0.717, 1.165) is 23.3 Å². The molecule has 0 atom stereocenters. The van der Waals surface area contributed by atoms with Crippen LogP contribution in [0.15, 0.2) is 66.7 Å². The molecule has 146 valence electrons. The van der Waals surface area contributed by atoms with Crippen LogP contribution in [0.25, 0.3) is 11.1 Å². The molecule has 0 radical (unpaired) electrons. The Labute approximate surface area is 163 Å². The Morgan fingerprint density at radius 3 is 2.21 bits per heavy atom. The molecule has 4 rings (SSSR count). The van der Waals surface area contributed by atoms with E-state index < -0.39 is 17.6 Å². The van der Waals surface area contributed by atoms with Crippen molar-refractivity contribution in [2.24, 2.45) is 0 Å². The van der Waals surface area contributed by atoms with Crippen molar-refractivity contribution in [1.82, 2.24) is 0 Å². The van der Waals surface area contributed by atoms with Crippen molar-refractivity contribution >= 4 is 17.4 Å². The van der Waals surface area contributed by atoms with Crippen LogP contribution in [0.4, 0.5) is 18.9 Å². The second kappa shape index (κ2) is 7.09. The molecule has 7 heteroatoms. The van der Waals surface area contributed by atoms with Crippen LogP contribution < -0.4 is 10.1 Å². The van der Waals surface area contributed by atoms with Crippen molar-refractivity contribution < 1.29 is 27.5 Å². The lowest BCUT2D eigenvalue weighted by atomic mass is 10.1. The molecular weight excluding hydrogens is 383 g/mol. The summed E-state index contributed by atoms with van der Waals surface area (Å²) in [5.74, 6) is -0.275. The van der Waals surface area contributed by atoms with Crippen LogP contribution >= 0.6 is 0 Å². The zero-order valence-electron chi connectivity index (χ0n) is 14.9. The minimum absolute atomic E-state index is 0.102. The molecule has 0 aromatic heterocycles. The van der Waals surface area contributed by atoms with Gasteiger partial charge in [-0.15, -0.1) is 0 Å². The maximum atomic E-state index is 12.6. The van der Waals surface area contributed by atoms with Crippen LogP contribution in [0.1, 0.15) is 21.5 Å². The largest absolute Gasteiger partial charge is 0.484 e.